The van der Waals surface area contributed by atoms with Crippen LogP contribution in [0.25, 0.3) is 67.1 Å². The molecule has 0 atom stereocenters. The molecular weight excluding hydrogens is 516 g/mol. The van der Waals surface area contributed by atoms with Crippen molar-refractivity contribution in [2.75, 3.05) is 0 Å². The lowest BCUT2D eigenvalue weighted by Gasteiger charge is -2.22. The molecule has 0 aromatic heterocycles. The largest absolute Gasteiger partial charge is 0.0616 e. The molecule has 43 heavy (non-hydrogen) atoms. The molecule has 0 heterocycles. The molecule has 7 aromatic carbocycles. The summed E-state index contributed by atoms with van der Waals surface area (Å²) in [5.41, 5.74) is 12.9. The van der Waals surface area contributed by atoms with Crippen LogP contribution >= 0.6 is 0 Å². The molecule has 0 saturated carbocycles. The lowest BCUT2D eigenvalue weighted by atomic mass is 9.80. The highest BCUT2D eigenvalue weighted by atomic mass is 14.4. The van der Waals surface area contributed by atoms with Crippen LogP contribution in [0, 0.1) is 0 Å². The van der Waals surface area contributed by atoms with Crippen LogP contribution < -0.4 is 0 Å². The predicted octanol–water partition coefficient (Wildman–Crippen LogP) is 11.8. The Bertz CT molecular complexity index is 2190. The van der Waals surface area contributed by atoms with Crippen molar-refractivity contribution in [1.29, 1.82) is 0 Å². The fraction of sp³-hybridized carbons (Fsp3) is 0.0698. The van der Waals surface area contributed by atoms with E-state index in [4.69, 9.17) is 0 Å². The van der Waals surface area contributed by atoms with Gasteiger partial charge in [0.25, 0.3) is 0 Å². The van der Waals surface area contributed by atoms with Crippen LogP contribution in [0.1, 0.15) is 36.1 Å². The highest BCUT2D eigenvalue weighted by Crippen LogP contribution is 2.50. The van der Waals surface area contributed by atoms with Gasteiger partial charge < -0.3 is 0 Å². The van der Waals surface area contributed by atoms with E-state index in [2.05, 4.69) is 172 Å². The van der Waals surface area contributed by atoms with Crippen molar-refractivity contribution in [2.45, 2.75) is 19.3 Å². The second kappa shape index (κ2) is 9.96. The first-order valence-corrected chi connectivity index (χ1v) is 15.1. The maximum absolute atomic E-state index is 2.41. The summed E-state index contributed by atoms with van der Waals surface area (Å²) in [4.78, 5) is 0. The van der Waals surface area contributed by atoms with Crippen molar-refractivity contribution in [3.63, 3.8) is 0 Å². The van der Waals surface area contributed by atoms with Gasteiger partial charge in [-0.2, -0.15) is 0 Å². The zero-order chi connectivity index (χ0) is 29.0. The van der Waals surface area contributed by atoms with Gasteiger partial charge in [0.05, 0.1) is 0 Å². The second-order valence-electron chi connectivity index (χ2n) is 12.3. The minimum Gasteiger partial charge on any atom is -0.0616 e. The van der Waals surface area contributed by atoms with Crippen molar-refractivity contribution in [3.05, 3.63) is 168 Å². The summed E-state index contributed by atoms with van der Waals surface area (Å²) in [7, 11) is 0. The first kappa shape index (κ1) is 25.5. The zero-order valence-corrected chi connectivity index (χ0v) is 24.5. The van der Waals surface area contributed by atoms with Crippen LogP contribution in [-0.4, -0.2) is 0 Å². The Labute approximate surface area is 253 Å². The van der Waals surface area contributed by atoms with E-state index in [-0.39, 0.29) is 5.41 Å². The van der Waals surface area contributed by atoms with Crippen LogP contribution in [0.2, 0.25) is 0 Å². The summed E-state index contributed by atoms with van der Waals surface area (Å²) >= 11 is 0. The van der Waals surface area contributed by atoms with Gasteiger partial charge in [0.2, 0.25) is 0 Å². The van der Waals surface area contributed by atoms with E-state index >= 15 is 0 Å². The van der Waals surface area contributed by atoms with Crippen molar-refractivity contribution < 1.29 is 0 Å². The number of rotatable bonds is 4. The summed E-state index contributed by atoms with van der Waals surface area (Å²) in [6.45, 7) is 4.73. The lowest BCUT2D eigenvalue weighted by molar-refractivity contribution is 0.661. The fourth-order valence-corrected chi connectivity index (χ4v) is 6.76. The molecule has 0 bridgehead atoms. The Morgan fingerprint density at radius 3 is 1.47 bits per heavy atom. The Hall–Kier alpha value is -5.20. The minimum atomic E-state index is -0.0733. The summed E-state index contributed by atoms with van der Waals surface area (Å²) in [5, 5.41) is 5.10. The Balaban J connectivity index is 1.07. The van der Waals surface area contributed by atoms with Gasteiger partial charge in [-0.1, -0.05) is 147 Å². The average molecular weight is 549 g/mol. The van der Waals surface area contributed by atoms with E-state index in [1.807, 2.05) is 0 Å². The normalized spacial score (nSPS) is 13.4. The molecule has 0 aliphatic heterocycles. The van der Waals surface area contributed by atoms with Crippen LogP contribution in [-0.2, 0) is 5.41 Å². The highest BCUT2D eigenvalue weighted by molar-refractivity contribution is 5.90. The van der Waals surface area contributed by atoms with Crippen LogP contribution in [0.4, 0.5) is 0 Å². The molecule has 0 unspecified atom stereocenters. The van der Waals surface area contributed by atoms with Crippen molar-refractivity contribution >= 4 is 33.7 Å². The fourth-order valence-electron chi connectivity index (χ4n) is 6.76. The summed E-state index contributed by atoms with van der Waals surface area (Å²) in [5.74, 6) is 0. The zero-order valence-electron chi connectivity index (χ0n) is 24.5. The topological polar surface area (TPSA) is 0 Å². The van der Waals surface area contributed by atoms with Crippen molar-refractivity contribution in [1.82, 2.24) is 0 Å². The summed E-state index contributed by atoms with van der Waals surface area (Å²) in [6.07, 6.45) is 4.40. The van der Waals surface area contributed by atoms with Gasteiger partial charge in [-0.15, -0.1) is 0 Å². The number of hydrogen-bond acceptors (Lipinski definition) is 0. The molecule has 0 spiro atoms. The number of hydrogen-bond donors (Lipinski definition) is 0. The third-order valence-corrected chi connectivity index (χ3v) is 9.24. The van der Waals surface area contributed by atoms with Gasteiger partial charge in [-0.25, -0.2) is 0 Å². The van der Waals surface area contributed by atoms with Crippen LogP contribution in [0.3, 0.4) is 0 Å². The van der Waals surface area contributed by atoms with E-state index in [0.29, 0.717) is 0 Å². The molecule has 8 rings (SSSR count). The summed E-state index contributed by atoms with van der Waals surface area (Å²) in [6, 6.07) is 53.5. The minimum absolute atomic E-state index is 0.0733. The molecule has 204 valence electrons. The van der Waals surface area contributed by atoms with E-state index in [1.165, 1.54) is 77.2 Å². The molecule has 0 amide bonds. The molecule has 7 aromatic rings. The average Bonchev–Trinajstić information content (AvgIpc) is 3.29. The molecule has 0 fully saturated rings. The molecule has 1 aliphatic rings. The van der Waals surface area contributed by atoms with E-state index in [0.717, 1.165) is 0 Å². The van der Waals surface area contributed by atoms with Gasteiger partial charge in [0, 0.05) is 5.41 Å². The van der Waals surface area contributed by atoms with Gasteiger partial charge in [-0.3, -0.25) is 0 Å². The first-order valence-electron chi connectivity index (χ1n) is 15.1. The molecule has 1 aliphatic carbocycles. The SMILES string of the molecule is CC1(C)c2cc(-c3ccc(C=Cc4ccc5ccccc5c4)cc3)ccc2-c2ccc(-c3ccc4ccccc4c3)cc21. The third-order valence-electron chi connectivity index (χ3n) is 9.24. The second-order valence-corrected chi connectivity index (χ2v) is 12.3. The van der Waals surface area contributed by atoms with Gasteiger partial charge >= 0.3 is 0 Å². The molecule has 0 N–H and O–H groups in total. The molecule has 0 radical (unpaired) electrons. The molecule has 0 saturated heterocycles. The van der Waals surface area contributed by atoms with Gasteiger partial charge in [-0.05, 0) is 101 Å². The van der Waals surface area contributed by atoms with Gasteiger partial charge in [0.15, 0.2) is 0 Å². The van der Waals surface area contributed by atoms with Gasteiger partial charge in [0.1, 0.15) is 0 Å². The standard InChI is InChI=1S/C43H32/c1-43(2)41-27-37(33-16-13-29(14-17-33)11-12-30-15-18-31-7-3-5-9-34(31)25-30)21-23-39(41)40-24-22-38(28-42(40)43)36-20-19-32-8-4-6-10-35(32)26-36/h3-28H,1-2H3. The lowest BCUT2D eigenvalue weighted by Crippen LogP contribution is -2.15. The highest BCUT2D eigenvalue weighted by Gasteiger charge is 2.35. The Kier molecular flexibility index (Phi) is 5.91. The predicted molar refractivity (Wildman–Crippen MR) is 185 cm³/mol. The maximum Gasteiger partial charge on any atom is 0.0159 e. The Morgan fingerprint density at radius 1 is 0.372 bits per heavy atom. The quantitative estimate of drug-likeness (QED) is 0.192. The number of benzene rings is 7. The van der Waals surface area contributed by atoms with E-state index in [9.17, 15) is 0 Å². The monoisotopic (exact) mass is 548 g/mol. The molecule has 0 nitrogen and oxygen atoms in total. The molecule has 0 heteroatoms. The maximum atomic E-state index is 2.41. The smallest absolute Gasteiger partial charge is 0.0159 e. The first-order chi connectivity index (χ1) is 21.0. The number of fused-ring (bicyclic) bond motifs is 5. The molecular formula is C43H32. The van der Waals surface area contributed by atoms with Crippen LogP contribution in [0.5, 0.6) is 0 Å². The van der Waals surface area contributed by atoms with Crippen molar-refractivity contribution in [2.24, 2.45) is 0 Å². The third kappa shape index (κ3) is 4.47. The van der Waals surface area contributed by atoms with E-state index in [1.54, 1.807) is 0 Å². The Morgan fingerprint density at radius 2 is 0.814 bits per heavy atom. The van der Waals surface area contributed by atoms with E-state index < -0.39 is 0 Å². The summed E-state index contributed by atoms with van der Waals surface area (Å²) < 4.78 is 0. The van der Waals surface area contributed by atoms with Crippen LogP contribution in [0.15, 0.2) is 146 Å². The van der Waals surface area contributed by atoms with Crippen molar-refractivity contribution in [3.8, 4) is 33.4 Å².